The monoisotopic (exact) mass is 253 g/mol. The molecular weight excluding hydrogens is 230 g/mol. The van der Waals surface area contributed by atoms with Crippen molar-refractivity contribution < 1.29 is 0 Å². The van der Waals surface area contributed by atoms with Gasteiger partial charge in [0.15, 0.2) is 0 Å². The summed E-state index contributed by atoms with van der Waals surface area (Å²) in [6.07, 6.45) is 1.90. The maximum atomic E-state index is 6.21. The summed E-state index contributed by atoms with van der Waals surface area (Å²) in [5, 5.41) is 0.825. The lowest BCUT2D eigenvalue weighted by Crippen LogP contribution is -2.30. The third-order valence-electron chi connectivity index (χ3n) is 3.57. The Labute approximate surface area is 110 Å². The summed E-state index contributed by atoms with van der Waals surface area (Å²) in [7, 11) is 0. The van der Waals surface area contributed by atoms with E-state index in [1.54, 1.807) is 0 Å². The Morgan fingerprint density at radius 2 is 1.82 bits per heavy atom. The van der Waals surface area contributed by atoms with Gasteiger partial charge in [-0.3, -0.25) is 0 Å². The largest absolute Gasteiger partial charge is 0.327 e. The summed E-state index contributed by atoms with van der Waals surface area (Å²) in [5.74, 6) is 0.611. The Hall–Kier alpha value is -0.530. The summed E-state index contributed by atoms with van der Waals surface area (Å²) in [5.41, 5.74) is 7.69. The summed E-state index contributed by atoms with van der Waals surface area (Å²) in [6.45, 7) is 9.06. The van der Waals surface area contributed by atoms with Crippen molar-refractivity contribution in [2.24, 2.45) is 17.1 Å². The second kappa shape index (κ2) is 5.88. The topological polar surface area (TPSA) is 26.0 Å². The van der Waals surface area contributed by atoms with Crippen LogP contribution in [-0.4, -0.2) is 6.04 Å². The number of rotatable bonds is 4. The van der Waals surface area contributed by atoms with E-state index in [1.807, 2.05) is 18.2 Å². The van der Waals surface area contributed by atoms with Crippen LogP contribution in [0.4, 0.5) is 0 Å². The van der Waals surface area contributed by atoms with Gasteiger partial charge in [0.1, 0.15) is 0 Å². The van der Waals surface area contributed by atoms with E-state index in [-0.39, 0.29) is 6.04 Å². The number of nitrogens with two attached hydrogens (primary N) is 1. The summed E-state index contributed by atoms with van der Waals surface area (Å²) in [6, 6.07) is 8.14. The molecule has 0 aliphatic rings. The molecule has 2 atom stereocenters. The number of hydrogen-bond acceptors (Lipinski definition) is 1. The Morgan fingerprint density at radius 3 is 2.35 bits per heavy atom. The van der Waals surface area contributed by atoms with Gasteiger partial charge in [0.05, 0.1) is 0 Å². The van der Waals surface area contributed by atoms with Gasteiger partial charge in [-0.05, 0) is 35.8 Å². The fraction of sp³-hybridized carbons (Fsp3) is 0.600. The van der Waals surface area contributed by atoms with Crippen molar-refractivity contribution in [3.05, 3.63) is 34.9 Å². The first-order valence-corrected chi connectivity index (χ1v) is 6.67. The molecule has 0 heterocycles. The molecule has 1 aromatic carbocycles. The average Bonchev–Trinajstić information content (AvgIpc) is 2.20. The third kappa shape index (κ3) is 4.69. The molecule has 1 rings (SSSR count). The second-order valence-corrected chi connectivity index (χ2v) is 6.47. The van der Waals surface area contributed by atoms with Gasteiger partial charge in [-0.1, -0.05) is 57.5 Å². The highest BCUT2D eigenvalue weighted by Gasteiger charge is 2.22. The molecule has 0 fully saturated rings. The quantitative estimate of drug-likeness (QED) is 0.852. The minimum Gasteiger partial charge on any atom is -0.327 e. The zero-order valence-corrected chi connectivity index (χ0v) is 12.1. The summed E-state index contributed by atoms with van der Waals surface area (Å²) in [4.78, 5) is 0. The van der Waals surface area contributed by atoms with Gasteiger partial charge in [-0.2, -0.15) is 0 Å². The van der Waals surface area contributed by atoms with Crippen LogP contribution in [0.3, 0.4) is 0 Å². The number of halogens is 1. The van der Waals surface area contributed by atoms with E-state index in [0.29, 0.717) is 11.3 Å². The highest BCUT2D eigenvalue weighted by atomic mass is 35.5. The zero-order valence-electron chi connectivity index (χ0n) is 11.3. The second-order valence-electron chi connectivity index (χ2n) is 6.06. The van der Waals surface area contributed by atoms with Crippen molar-refractivity contribution in [2.75, 3.05) is 0 Å². The molecule has 0 radical (unpaired) electrons. The van der Waals surface area contributed by atoms with E-state index in [1.165, 1.54) is 0 Å². The van der Waals surface area contributed by atoms with Crippen molar-refractivity contribution in [3.8, 4) is 0 Å². The predicted octanol–water partition coefficient (Wildman–Crippen LogP) is 4.28. The van der Waals surface area contributed by atoms with Gasteiger partial charge < -0.3 is 5.73 Å². The number of benzene rings is 1. The molecule has 0 aromatic heterocycles. The van der Waals surface area contributed by atoms with E-state index < -0.39 is 0 Å². The minimum absolute atomic E-state index is 0.184. The van der Waals surface area contributed by atoms with Gasteiger partial charge in [0.2, 0.25) is 0 Å². The molecule has 0 aliphatic heterocycles. The standard InChI is InChI=1S/C15H24ClN/c1-11(15(2,3)4)9-13(17)10-12-7-5-6-8-14(12)16/h5-8,11,13H,9-10,17H2,1-4H3. The highest BCUT2D eigenvalue weighted by Crippen LogP contribution is 2.29. The van der Waals surface area contributed by atoms with E-state index in [9.17, 15) is 0 Å². The first-order valence-electron chi connectivity index (χ1n) is 6.29. The molecule has 2 N–H and O–H groups in total. The predicted molar refractivity (Wildman–Crippen MR) is 76.4 cm³/mol. The highest BCUT2D eigenvalue weighted by molar-refractivity contribution is 6.31. The van der Waals surface area contributed by atoms with E-state index in [0.717, 1.165) is 23.4 Å². The van der Waals surface area contributed by atoms with Crippen LogP contribution in [0.2, 0.25) is 5.02 Å². The van der Waals surface area contributed by atoms with E-state index in [2.05, 4.69) is 33.8 Å². The lowest BCUT2D eigenvalue weighted by Gasteiger charge is -2.29. The molecule has 0 spiro atoms. The summed E-state index contributed by atoms with van der Waals surface area (Å²) >= 11 is 6.14. The lowest BCUT2D eigenvalue weighted by molar-refractivity contribution is 0.233. The Balaban J connectivity index is 2.56. The zero-order chi connectivity index (χ0) is 13.1. The fourth-order valence-electron chi connectivity index (χ4n) is 1.84. The smallest absolute Gasteiger partial charge is 0.0438 e. The molecular formula is C15H24ClN. The Morgan fingerprint density at radius 1 is 1.24 bits per heavy atom. The van der Waals surface area contributed by atoms with Crippen molar-refractivity contribution in [3.63, 3.8) is 0 Å². The van der Waals surface area contributed by atoms with Gasteiger partial charge in [-0.25, -0.2) is 0 Å². The van der Waals surface area contributed by atoms with Crippen LogP contribution in [0.5, 0.6) is 0 Å². The molecule has 0 bridgehead atoms. The molecule has 0 amide bonds. The van der Waals surface area contributed by atoms with Crippen LogP contribution >= 0.6 is 11.6 Å². The van der Waals surface area contributed by atoms with Crippen molar-refractivity contribution >= 4 is 11.6 Å². The van der Waals surface area contributed by atoms with Gasteiger partial charge in [0.25, 0.3) is 0 Å². The van der Waals surface area contributed by atoms with Gasteiger partial charge in [-0.15, -0.1) is 0 Å². The Bertz CT molecular complexity index is 354. The van der Waals surface area contributed by atoms with Crippen LogP contribution in [0.1, 0.15) is 39.7 Å². The molecule has 96 valence electrons. The molecule has 2 unspecified atom stereocenters. The lowest BCUT2D eigenvalue weighted by atomic mass is 9.78. The molecule has 0 aliphatic carbocycles. The maximum Gasteiger partial charge on any atom is 0.0438 e. The van der Waals surface area contributed by atoms with E-state index >= 15 is 0 Å². The first-order chi connectivity index (χ1) is 7.80. The van der Waals surface area contributed by atoms with Crippen LogP contribution in [0.15, 0.2) is 24.3 Å². The van der Waals surface area contributed by atoms with E-state index in [4.69, 9.17) is 17.3 Å². The Kier molecular flexibility index (Phi) is 5.03. The SMILES string of the molecule is CC(CC(N)Cc1ccccc1Cl)C(C)(C)C. The minimum atomic E-state index is 0.184. The van der Waals surface area contributed by atoms with Gasteiger partial charge >= 0.3 is 0 Å². The van der Waals surface area contributed by atoms with Crippen LogP contribution in [0, 0.1) is 11.3 Å². The maximum absolute atomic E-state index is 6.21. The van der Waals surface area contributed by atoms with Crippen LogP contribution in [0.25, 0.3) is 0 Å². The fourth-order valence-corrected chi connectivity index (χ4v) is 2.05. The number of hydrogen-bond donors (Lipinski definition) is 1. The average molecular weight is 254 g/mol. The molecule has 0 saturated heterocycles. The molecule has 0 saturated carbocycles. The first kappa shape index (κ1) is 14.5. The van der Waals surface area contributed by atoms with Crippen molar-refractivity contribution in [1.29, 1.82) is 0 Å². The van der Waals surface area contributed by atoms with Crippen molar-refractivity contribution in [1.82, 2.24) is 0 Å². The molecule has 2 heteroatoms. The van der Waals surface area contributed by atoms with Crippen molar-refractivity contribution in [2.45, 2.75) is 46.6 Å². The molecule has 1 aromatic rings. The van der Waals surface area contributed by atoms with Crippen LogP contribution < -0.4 is 5.73 Å². The third-order valence-corrected chi connectivity index (χ3v) is 3.94. The summed E-state index contributed by atoms with van der Waals surface area (Å²) < 4.78 is 0. The van der Waals surface area contributed by atoms with Gasteiger partial charge in [0, 0.05) is 11.1 Å². The normalized spacial score (nSPS) is 15.6. The van der Waals surface area contributed by atoms with Crippen LogP contribution in [-0.2, 0) is 6.42 Å². The molecule has 17 heavy (non-hydrogen) atoms. The molecule has 1 nitrogen and oxygen atoms in total.